The number of nitrogens with zero attached hydrogens (tertiary/aromatic N) is 1. The number of hydrogen-bond donors (Lipinski definition) is 2. The first-order valence-corrected chi connectivity index (χ1v) is 9.79. The number of aliphatic hydroxyl groups excluding tert-OH is 1. The number of quaternary nitrogens is 1. The maximum atomic E-state index is 10.3. The molecule has 0 spiro atoms. The molecule has 0 saturated heterocycles. The lowest BCUT2D eigenvalue weighted by atomic mass is 10.1. The monoisotopic (exact) mass is 379 g/mol. The maximum Gasteiger partial charge on any atom is 0.150 e. The van der Waals surface area contributed by atoms with Gasteiger partial charge in [0.05, 0.1) is 46.1 Å². The average Bonchev–Trinajstić information content (AvgIpc) is 2.64. The van der Waals surface area contributed by atoms with Crippen molar-refractivity contribution in [1.29, 1.82) is 0 Å². The second-order valence-electron chi connectivity index (χ2n) is 7.68. The van der Waals surface area contributed by atoms with Crippen LogP contribution in [0.4, 0.5) is 0 Å². The minimum absolute atomic E-state index is 0.345. The minimum atomic E-state index is 0.345. The lowest BCUT2D eigenvalue weighted by molar-refractivity contribution is -0.871. The third-order valence-corrected chi connectivity index (χ3v) is 3.79. The van der Waals surface area contributed by atoms with Crippen molar-refractivity contribution < 1.29 is 19.1 Å². The summed E-state index contributed by atoms with van der Waals surface area (Å²) in [4.78, 5) is 10.3. The molecule has 1 atom stereocenters. The van der Waals surface area contributed by atoms with E-state index in [0.29, 0.717) is 17.4 Å². The summed E-state index contributed by atoms with van der Waals surface area (Å²) < 4.78 is 6.25. The van der Waals surface area contributed by atoms with Crippen LogP contribution in [-0.2, 0) is 0 Å². The number of ether oxygens (including phenoxy) is 1. The molecule has 0 fully saturated rings. The van der Waals surface area contributed by atoms with Gasteiger partial charge >= 0.3 is 0 Å². The van der Waals surface area contributed by atoms with E-state index in [2.05, 4.69) is 40.3 Å². The molecule has 0 amide bonds. The van der Waals surface area contributed by atoms with Gasteiger partial charge in [-0.15, -0.1) is 0 Å². The number of benzene rings is 1. The van der Waals surface area contributed by atoms with Gasteiger partial charge in [-0.3, -0.25) is 4.79 Å². The van der Waals surface area contributed by atoms with E-state index in [4.69, 9.17) is 4.74 Å². The van der Waals surface area contributed by atoms with Gasteiger partial charge in [-0.25, -0.2) is 0 Å². The Balaban J connectivity index is 0.000000511. The van der Waals surface area contributed by atoms with Crippen molar-refractivity contribution in [1.82, 2.24) is 5.32 Å². The van der Waals surface area contributed by atoms with E-state index in [1.807, 2.05) is 13.1 Å². The molecule has 154 valence electrons. The van der Waals surface area contributed by atoms with Crippen LogP contribution in [0.5, 0.6) is 5.75 Å². The largest absolute Gasteiger partial charge is 0.513 e. The fraction of sp³-hybridized carbons (Fsp3) is 0.591. The van der Waals surface area contributed by atoms with Gasteiger partial charge in [0.2, 0.25) is 0 Å². The van der Waals surface area contributed by atoms with E-state index >= 15 is 0 Å². The van der Waals surface area contributed by atoms with Crippen molar-refractivity contribution in [2.75, 3.05) is 41.3 Å². The van der Waals surface area contributed by atoms with Crippen LogP contribution in [0.1, 0.15) is 49.9 Å². The molecule has 0 bridgehead atoms. The summed E-state index contributed by atoms with van der Waals surface area (Å²) in [6, 6.07) is 7.45. The maximum absolute atomic E-state index is 10.3. The molecule has 0 radical (unpaired) electrons. The molecule has 1 aromatic carbocycles. The summed E-state index contributed by atoms with van der Waals surface area (Å²) in [6.45, 7) is 5.91. The van der Waals surface area contributed by atoms with Crippen LogP contribution in [0.3, 0.4) is 0 Å². The number of carbonyl (C=O) groups excluding carboxylic acids is 1. The van der Waals surface area contributed by atoms with Gasteiger partial charge in [0.15, 0.2) is 0 Å². The molecule has 1 unspecified atom stereocenters. The lowest BCUT2D eigenvalue weighted by Gasteiger charge is -2.29. The van der Waals surface area contributed by atoms with Crippen LogP contribution in [0.25, 0.3) is 0 Å². The standard InChI is InChI=1S/C12H26N2O.C10H12O2/c1-6-7-8-12(15)9-11(13-2)10-14(3,4)5;1-2-7-12-10-5-3-9(8-11)4-6-10/h8,11,13H,6-7,9-10H2,1-5H3;3-6,8H,2,7H2,1H3/p+1. The van der Waals surface area contributed by atoms with Crippen molar-refractivity contribution in [3.63, 3.8) is 0 Å². The summed E-state index contributed by atoms with van der Waals surface area (Å²) in [7, 11) is 8.44. The predicted molar refractivity (Wildman–Crippen MR) is 114 cm³/mol. The highest BCUT2D eigenvalue weighted by Crippen LogP contribution is 2.11. The smallest absolute Gasteiger partial charge is 0.150 e. The van der Waals surface area contributed by atoms with Crippen LogP contribution < -0.4 is 10.1 Å². The summed E-state index contributed by atoms with van der Waals surface area (Å²) >= 11 is 0. The molecule has 0 aliphatic rings. The molecule has 0 heterocycles. The predicted octanol–water partition coefficient (Wildman–Crippen LogP) is 4.20. The molecular formula is C22H39N2O3+. The number of hydrogen-bond acceptors (Lipinski definition) is 4. The van der Waals surface area contributed by atoms with Crippen LogP contribution in [0.2, 0.25) is 0 Å². The number of unbranched alkanes of at least 4 members (excludes halogenated alkanes) is 1. The second-order valence-corrected chi connectivity index (χ2v) is 7.68. The first kappa shape index (κ1) is 25.1. The van der Waals surface area contributed by atoms with Crippen molar-refractivity contribution >= 4 is 6.29 Å². The highest BCUT2D eigenvalue weighted by Gasteiger charge is 2.17. The van der Waals surface area contributed by atoms with Gasteiger partial charge in [0.1, 0.15) is 12.0 Å². The molecule has 5 heteroatoms. The van der Waals surface area contributed by atoms with Crippen LogP contribution in [0.15, 0.2) is 36.1 Å². The van der Waals surface area contributed by atoms with Crippen LogP contribution in [0, 0.1) is 0 Å². The van der Waals surface area contributed by atoms with E-state index in [-0.39, 0.29) is 0 Å². The minimum Gasteiger partial charge on any atom is -0.513 e. The van der Waals surface area contributed by atoms with Crippen LogP contribution in [-0.4, -0.2) is 63.3 Å². The normalized spacial score (nSPS) is 12.7. The Hall–Kier alpha value is -1.85. The van der Waals surface area contributed by atoms with Gasteiger partial charge in [-0.1, -0.05) is 20.3 Å². The van der Waals surface area contributed by atoms with E-state index in [0.717, 1.165) is 55.4 Å². The highest BCUT2D eigenvalue weighted by molar-refractivity contribution is 5.74. The zero-order chi connectivity index (χ0) is 20.7. The number of rotatable bonds is 11. The SMILES string of the molecule is CCCC=C(O)CC(C[N+](C)(C)C)NC.CCCOc1ccc(C=O)cc1. The average molecular weight is 380 g/mol. The van der Waals surface area contributed by atoms with Crippen molar-refractivity contribution in [2.45, 2.75) is 45.6 Å². The van der Waals surface area contributed by atoms with Gasteiger partial charge in [-0.05, 0) is 50.2 Å². The third kappa shape index (κ3) is 13.9. The summed E-state index contributed by atoms with van der Waals surface area (Å²) in [5, 5.41) is 12.9. The number of allylic oxidation sites excluding steroid dienone is 1. The fourth-order valence-electron chi connectivity index (χ4n) is 2.43. The Bertz CT molecular complexity index is 533. The molecular weight excluding hydrogens is 340 g/mol. The van der Waals surface area contributed by atoms with Gasteiger partial charge in [0.25, 0.3) is 0 Å². The van der Waals surface area contributed by atoms with E-state index in [1.165, 1.54) is 0 Å². The Morgan fingerprint density at radius 2 is 1.81 bits per heavy atom. The Morgan fingerprint density at radius 1 is 1.19 bits per heavy atom. The molecule has 0 aliphatic carbocycles. The molecule has 1 aromatic rings. The number of carbonyl (C=O) groups is 1. The van der Waals surface area contributed by atoms with Crippen molar-refractivity contribution in [3.8, 4) is 5.75 Å². The molecule has 0 aliphatic heterocycles. The number of likely N-dealkylation sites (N-methyl/N-ethyl adjacent to an activating group) is 2. The molecule has 1 rings (SSSR count). The van der Waals surface area contributed by atoms with Crippen molar-refractivity contribution in [3.05, 3.63) is 41.7 Å². The van der Waals surface area contributed by atoms with E-state index < -0.39 is 0 Å². The summed E-state index contributed by atoms with van der Waals surface area (Å²) in [5.74, 6) is 1.34. The van der Waals surface area contributed by atoms with Crippen molar-refractivity contribution in [2.24, 2.45) is 0 Å². The zero-order valence-electron chi connectivity index (χ0n) is 18.0. The summed E-state index contributed by atoms with van der Waals surface area (Å²) in [6.07, 6.45) is 6.53. The topological polar surface area (TPSA) is 58.6 Å². The summed E-state index contributed by atoms with van der Waals surface area (Å²) in [5.41, 5.74) is 0.679. The number of nitrogens with one attached hydrogen (secondary N) is 1. The highest BCUT2D eigenvalue weighted by atomic mass is 16.5. The van der Waals surface area contributed by atoms with Gasteiger partial charge in [-0.2, -0.15) is 0 Å². The lowest BCUT2D eigenvalue weighted by Crippen LogP contribution is -2.46. The fourth-order valence-corrected chi connectivity index (χ4v) is 2.43. The Morgan fingerprint density at radius 3 is 2.26 bits per heavy atom. The first-order chi connectivity index (χ1) is 12.8. The third-order valence-electron chi connectivity index (χ3n) is 3.79. The molecule has 0 saturated carbocycles. The van der Waals surface area contributed by atoms with Gasteiger partial charge < -0.3 is 19.6 Å². The van der Waals surface area contributed by atoms with E-state index in [1.54, 1.807) is 24.3 Å². The number of aldehydes is 1. The Kier molecular flexibility index (Phi) is 13.3. The quantitative estimate of drug-likeness (QED) is 0.344. The van der Waals surface area contributed by atoms with E-state index in [9.17, 15) is 9.90 Å². The number of aliphatic hydroxyl groups is 1. The zero-order valence-corrected chi connectivity index (χ0v) is 18.0. The Labute approximate surface area is 165 Å². The van der Waals surface area contributed by atoms with Gasteiger partial charge in [0, 0.05) is 12.0 Å². The molecule has 27 heavy (non-hydrogen) atoms. The second kappa shape index (κ2) is 14.2. The molecule has 0 aromatic heterocycles. The molecule has 2 N–H and O–H groups in total. The molecule has 5 nitrogen and oxygen atoms in total. The first-order valence-electron chi connectivity index (χ1n) is 9.79. The van der Waals surface area contributed by atoms with Crippen LogP contribution >= 0.6 is 0 Å².